The Hall–Kier alpha value is -1.39. The van der Waals surface area contributed by atoms with Gasteiger partial charge in [-0.3, -0.25) is 0 Å². The van der Waals surface area contributed by atoms with Crippen LogP contribution in [-0.2, 0) is 0 Å². The number of piperidine rings is 1. The predicted octanol–water partition coefficient (Wildman–Crippen LogP) is 2.39. The molecule has 1 aromatic rings. The Morgan fingerprint density at radius 1 is 1.29 bits per heavy atom. The van der Waals surface area contributed by atoms with Gasteiger partial charge in [0.15, 0.2) is 5.82 Å². The van der Waals surface area contributed by atoms with Gasteiger partial charge >= 0.3 is 0 Å². The van der Waals surface area contributed by atoms with Crippen LogP contribution in [-0.4, -0.2) is 29.7 Å². The first-order valence-corrected chi connectivity index (χ1v) is 6.21. The Morgan fingerprint density at radius 2 is 2.06 bits per heavy atom. The summed E-state index contributed by atoms with van der Waals surface area (Å²) >= 11 is 0. The first-order valence-electron chi connectivity index (χ1n) is 6.21. The maximum Gasteiger partial charge on any atom is 0.255 e. The van der Waals surface area contributed by atoms with Crippen molar-refractivity contribution < 1.29 is 9.13 Å². The third kappa shape index (κ3) is 2.84. The van der Waals surface area contributed by atoms with E-state index in [1.165, 1.54) is 12.7 Å². The summed E-state index contributed by atoms with van der Waals surface area (Å²) in [5, 5.41) is 0. The fraction of sp³-hybridized carbons (Fsp3) is 0.667. The summed E-state index contributed by atoms with van der Waals surface area (Å²) in [5.74, 6) is 0.0241. The van der Waals surface area contributed by atoms with Crippen molar-refractivity contribution in [3.8, 4) is 5.88 Å². The van der Waals surface area contributed by atoms with Crippen LogP contribution in [0.4, 0.5) is 10.2 Å². The van der Waals surface area contributed by atoms with Crippen LogP contribution in [0.1, 0.15) is 32.6 Å². The number of ether oxygens (including phenoxy) is 1. The van der Waals surface area contributed by atoms with Gasteiger partial charge in [-0.05, 0) is 25.7 Å². The second-order valence-electron chi connectivity index (χ2n) is 4.21. The molecule has 2 rings (SSSR count). The lowest BCUT2D eigenvalue weighted by atomic mass is 10.1. The van der Waals surface area contributed by atoms with Crippen LogP contribution in [0.3, 0.4) is 0 Å². The quantitative estimate of drug-likeness (QED) is 0.808. The molecule has 0 atom stereocenters. The highest BCUT2D eigenvalue weighted by Crippen LogP contribution is 2.25. The number of anilines is 1. The maximum atomic E-state index is 14.1. The van der Waals surface area contributed by atoms with Gasteiger partial charge in [-0.25, -0.2) is 4.98 Å². The molecule has 94 valence electrons. The van der Waals surface area contributed by atoms with E-state index in [1.807, 2.05) is 11.8 Å². The molecule has 0 radical (unpaired) electrons. The number of nitrogens with zero attached hydrogens (tertiary/aromatic N) is 3. The zero-order chi connectivity index (χ0) is 12.1. The standard InChI is InChI=1S/C12H18FN3O/c1-2-8-17-12-10(13)11(14-9-15-12)16-6-4-3-5-7-16/h9H,2-8H2,1H3. The predicted molar refractivity (Wildman–Crippen MR) is 63.8 cm³/mol. The van der Waals surface area contributed by atoms with Gasteiger partial charge in [0, 0.05) is 13.1 Å². The molecule has 1 fully saturated rings. The molecular weight excluding hydrogens is 221 g/mol. The van der Waals surface area contributed by atoms with E-state index in [1.54, 1.807) is 0 Å². The third-order valence-corrected chi connectivity index (χ3v) is 2.84. The molecule has 0 spiro atoms. The number of hydrogen-bond donors (Lipinski definition) is 0. The molecule has 0 aliphatic carbocycles. The Bertz CT molecular complexity index is 367. The van der Waals surface area contributed by atoms with E-state index < -0.39 is 5.82 Å². The highest BCUT2D eigenvalue weighted by molar-refractivity contribution is 5.43. The summed E-state index contributed by atoms with van der Waals surface area (Å²) < 4.78 is 19.4. The van der Waals surface area contributed by atoms with Crippen molar-refractivity contribution in [2.75, 3.05) is 24.6 Å². The second-order valence-corrected chi connectivity index (χ2v) is 4.21. The molecular formula is C12H18FN3O. The fourth-order valence-corrected chi connectivity index (χ4v) is 1.97. The molecule has 0 saturated carbocycles. The SMILES string of the molecule is CCCOc1ncnc(N2CCCCC2)c1F. The normalized spacial score (nSPS) is 16.0. The van der Waals surface area contributed by atoms with Gasteiger partial charge in [0.05, 0.1) is 6.61 Å². The minimum atomic E-state index is -0.428. The number of halogens is 1. The van der Waals surface area contributed by atoms with Crippen molar-refractivity contribution in [1.29, 1.82) is 0 Å². The number of hydrogen-bond acceptors (Lipinski definition) is 4. The Labute approximate surface area is 101 Å². The van der Waals surface area contributed by atoms with E-state index >= 15 is 0 Å². The maximum absolute atomic E-state index is 14.1. The van der Waals surface area contributed by atoms with E-state index in [0.29, 0.717) is 12.4 Å². The van der Waals surface area contributed by atoms with Gasteiger partial charge in [-0.2, -0.15) is 9.37 Å². The van der Waals surface area contributed by atoms with Gasteiger partial charge in [0.1, 0.15) is 6.33 Å². The van der Waals surface area contributed by atoms with Crippen molar-refractivity contribution in [3.63, 3.8) is 0 Å². The summed E-state index contributed by atoms with van der Waals surface area (Å²) in [7, 11) is 0. The average molecular weight is 239 g/mol. The van der Waals surface area contributed by atoms with Crippen LogP contribution in [0, 0.1) is 5.82 Å². The number of aromatic nitrogens is 2. The van der Waals surface area contributed by atoms with Crippen LogP contribution < -0.4 is 9.64 Å². The van der Waals surface area contributed by atoms with Crippen molar-refractivity contribution in [1.82, 2.24) is 9.97 Å². The van der Waals surface area contributed by atoms with E-state index in [0.717, 1.165) is 32.4 Å². The van der Waals surface area contributed by atoms with Crippen LogP contribution in [0.2, 0.25) is 0 Å². The zero-order valence-corrected chi connectivity index (χ0v) is 10.2. The molecule has 4 nitrogen and oxygen atoms in total. The molecule has 0 aromatic carbocycles. The molecule has 17 heavy (non-hydrogen) atoms. The van der Waals surface area contributed by atoms with E-state index in [4.69, 9.17) is 4.74 Å². The van der Waals surface area contributed by atoms with Gasteiger partial charge in [0.2, 0.25) is 5.82 Å². The summed E-state index contributed by atoms with van der Waals surface area (Å²) in [4.78, 5) is 9.84. The van der Waals surface area contributed by atoms with Gasteiger partial charge in [0.25, 0.3) is 5.88 Å². The first-order chi connectivity index (χ1) is 8.33. The summed E-state index contributed by atoms with van der Waals surface area (Å²) in [5.41, 5.74) is 0. The zero-order valence-electron chi connectivity index (χ0n) is 10.2. The molecule has 1 aliphatic heterocycles. The van der Waals surface area contributed by atoms with Crippen molar-refractivity contribution >= 4 is 5.82 Å². The smallest absolute Gasteiger partial charge is 0.255 e. The summed E-state index contributed by atoms with van der Waals surface area (Å²) in [6.07, 6.45) is 5.60. The highest BCUT2D eigenvalue weighted by atomic mass is 19.1. The summed E-state index contributed by atoms with van der Waals surface area (Å²) in [6.45, 7) is 4.18. The lowest BCUT2D eigenvalue weighted by Gasteiger charge is -2.27. The van der Waals surface area contributed by atoms with Crippen LogP contribution in [0.15, 0.2) is 6.33 Å². The minimum Gasteiger partial charge on any atom is -0.475 e. The largest absolute Gasteiger partial charge is 0.475 e. The fourth-order valence-electron chi connectivity index (χ4n) is 1.97. The topological polar surface area (TPSA) is 38.3 Å². The van der Waals surface area contributed by atoms with E-state index in [2.05, 4.69) is 9.97 Å². The van der Waals surface area contributed by atoms with Gasteiger partial charge < -0.3 is 9.64 Å². The van der Waals surface area contributed by atoms with Crippen molar-refractivity contribution in [2.24, 2.45) is 0 Å². The highest BCUT2D eigenvalue weighted by Gasteiger charge is 2.19. The van der Waals surface area contributed by atoms with Crippen molar-refractivity contribution in [2.45, 2.75) is 32.6 Å². The molecule has 0 unspecified atom stereocenters. The Balaban J connectivity index is 2.15. The third-order valence-electron chi connectivity index (χ3n) is 2.84. The second kappa shape index (κ2) is 5.80. The van der Waals surface area contributed by atoms with Gasteiger partial charge in [-0.1, -0.05) is 6.92 Å². The lowest BCUT2D eigenvalue weighted by Crippen LogP contribution is -2.31. The molecule has 0 amide bonds. The molecule has 1 saturated heterocycles. The van der Waals surface area contributed by atoms with E-state index in [9.17, 15) is 4.39 Å². The molecule has 2 heterocycles. The Kier molecular flexibility index (Phi) is 4.12. The van der Waals surface area contributed by atoms with Crippen LogP contribution in [0.5, 0.6) is 5.88 Å². The Morgan fingerprint density at radius 3 is 2.76 bits per heavy atom. The molecule has 5 heteroatoms. The number of rotatable bonds is 4. The monoisotopic (exact) mass is 239 g/mol. The van der Waals surface area contributed by atoms with Crippen molar-refractivity contribution in [3.05, 3.63) is 12.1 Å². The van der Waals surface area contributed by atoms with E-state index in [-0.39, 0.29) is 5.88 Å². The first kappa shape index (κ1) is 12.1. The molecule has 0 N–H and O–H groups in total. The average Bonchev–Trinajstić information content (AvgIpc) is 2.39. The molecule has 0 bridgehead atoms. The van der Waals surface area contributed by atoms with Crippen LogP contribution in [0.25, 0.3) is 0 Å². The molecule has 1 aliphatic rings. The summed E-state index contributed by atoms with van der Waals surface area (Å²) in [6, 6.07) is 0. The minimum absolute atomic E-state index is 0.0717. The molecule has 1 aromatic heterocycles. The van der Waals surface area contributed by atoms with Gasteiger partial charge in [-0.15, -0.1) is 0 Å². The van der Waals surface area contributed by atoms with Crippen LogP contribution >= 0.6 is 0 Å². The lowest BCUT2D eigenvalue weighted by molar-refractivity contribution is 0.287.